The van der Waals surface area contributed by atoms with Gasteiger partial charge in [-0.15, -0.1) is 0 Å². The van der Waals surface area contributed by atoms with Gasteiger partial charge in [-0.3, -0.25) is 0 Å². The number of benzene rings is 1. The fraction of sp³-hybridized carbons (Fsp3) is 0.562. The maximum atomic E-state index is 11.4. The first-order chi connectivity index (χ1) is 9.81. The van der Waals surface area contributed by atoms with Crippen LogP contribution in [-0.4, -0.2) is 30.6 Å². The Morgan fingerprint density at radius 1 is 1.29 bits per heavy atom. The van der Waals surface area contributed by atoms with Crippen LogP contribution in [-0.2, 0) is 16.0 Å². The van der Waals surface area contributed by atoms with Crippen molar-refractivity contribution in [2.45, 2.75) is 46.1 Å². The molecule has 0 bridgehead atoms. The van der Waals surface area contributed by atoms with E-state index in [0.717, 1.165) is 28.0 Å². The molecule has 0 saturated heterocycles. The summed E-state index contributed by atoms with van der Waals surface area (Å²) in [6.45, 7) is 7.67. The molecule has 0 aliphatic carbocycles. The van der Waals surface area contributed by atoms with E-state index in [9.17, 15) is 9.90 Å². The van der Waals surface area contributed by atoms with Gasteiger partial charge in [0.1, 0.15) is 11.5 Å². The van der Waals surface area contributed by atoms with E-state index >= 15 is 0 Å². The van der Waals surface area contributed by atoms with Gasteiger partial charge in [0.05, 0.1) is 0 Å². The monoisotopic (exact) mass is 294 g/mol. The molecule has 5 heteroatoms. The number of hydrogen-bond donors (Lipinski definition) is 1. The highest BCUT2D eigenvalue weighted by molar-refractivity contribution is 5.78. The molecule has 116 valence electrons. The van der Waals surface area contributed by atoms with Crippen LogP contribution in [0.4, 0.5) is 0 Å². The van der Waals surface area contributed by atoms with Crippen LogP contribution in [0.3, 0.4) is 0 Å². The molecule has 1 N–H and O–H groups in total. The first-order valence-corrected chi connectivity index (χ1v) is 6.98. The quantitative estimate of drug-likeness (QED) is 0.865. The van der Waals surface area contributed by atoms with Crippen LogP contribution in [0, 0.1) is 20.8 Å². The summed E-state index contributed by atoms with van der Waals surface area (Å²) in [6.07, 6.45) is 1.11. The summed E-state index contributed by atoms with van der Waals surface area (Å²) in [5.74, 6) is 0.559. The van der Waals surface area contributed by atoms with E-state index in [4.69, 9.17) is 14.2 Å². The highest BCUT2D eigenvalue weighted by atomic mass is 16.7. The second-order valence-electron chi connectivity index (χ2n) is 5.70. The van der Waals surface area contributed by atoms with Crippen molar-refractivity contribution in [3.05, 3.63) is 22.3 Å². The lowest BCUT2D eigenvalue weighted by atomic mass is 9.87. The van der Waals surface area contributed by atoms with Crippen LogP contribution in [0.25, 0.3) is 0 Å². The number of ether oxygens (including phenoxy) is 3. The van der Waals surface area contributed by atoms with Gasteiger partial charge in [-0.25, -0.2) is 4.79 Å². The van der Waals surface area contributed by atoms with Crippen LogP contribution < -0.4 is 9.47 Å². The third kappa shape index (κ3) is 2.58. The predicted octanol–water partition coefficient (Wildman–Crippen LogP) is 2.76. The van der Waals surface area contributed by atoms with E-state index in [0.29, 0.717) is 18.6 Å². The standard InChI is InChI=1S/C16H22O5/c1-9-10(2)14-12(11(3)13(9)20-8-19-5)6-7-16(4,21-14)15(17)18/h6-8H2,1-5H3,(H,17,18). The zero-order valence-corrected chi connectivity index (χ0v) is 13.2. The molecule has 5 nitrogen and oxygen atoms in total. The van der Waals surface area contributed by atoms with Gasteiger partial charge in [0.15, 0.2) is 6.79 Å². The van der Waals surface area contributed by atoms with Gasteiger partial charge in [-0.1, -0.05) is 0 Å². The van der Waals surface area contributed by atoms with Crippen LogP contribution in [0.5, 0.6) is 11.5 Å². The number of rotatable bonds is 4. The van der Waals surface area contributed by atoms with Gasteiger partial charge >= 0.3 is 5.97 Å². The summed E-state index contributed by atoms with van der Waals surface area (Å²) < 4.78 is 16.5. The van der Waals surface area contributed by atoms with Gasteiger partial charge < -0.3 is 19.3 Å². The van der Waals surface area contributed by atoms with E-state index in [-0.39, 0.29) is 6.79 Å². The largest absolute Gasteiger partial charge is 0.478 e. The van der Waals surface area contributed by atoms with Crippen molar-refractivity contribution in [1.29, 1.82) is 0 Å². The summed E-state index contributed by atoms with van der Waals surface area (Å²) in [6, 6.07) is 0. The second-order valence-corrected chi connectivity index (χ2v) is 5.70. The zero-order valence-electron chi connectivity index (χ0n) is 13.2. The number of methoxy groups -OCH3 is 1. The second kappa shape index (κ2) is 5.56. The molecule has 0 spiro atoms. The minimum absolute atomic E-state index is 0.188. The minimum atomic E-state index is -1.16. The molecular weight excluding hydrogens is 272 g/mol. The molecule has 1 aliphatic rings. The molecule has 0 aromatic heterocycles. The van der Waals surface area contributed by atoms with Crippen LogP contribution >= 0.6 is 0 Å². The van der Waals surface area contributed by atoms with Crippen molar-refractivity contribution in [1.82, 2.24) is 0 Å². The van der Waals surface area contributed by atoms with Crippen molar-refractivity contribution in [3.63, 3.8) is 0 Å². The van der Waals surface area contributed by atoms with E-state index in [1.807, 2.05) is 20.8 Å². The normalized spacial score (nSPS) is 20.6. The molecule has 1 aromatic rings. The topological polar surface area (TPSA) is 65.0 Å². The maximum absolute atomic E-state index is 11.4. The van der Waals surface area contributed by atoms with Crippen molar-refractivity contribution >= 4 is 5.97 Å². The fourth-order valence-electron chi connectivity index (χ4n) is 2.72. The van der Waals surface area contributed by atoms with E-state index in [1.165, 1.54) is 0 Å². The predicted molar refractivity (Wildman–Crippen MR) is 78.1 cm³/mol. The molecule has 1 heterocycles. The molecule has 1 atom stereocenters. The van der Waals surface area contributed by atoms with E-state index < -0.39 is 11.6 Å². The molecule has 0 fully saturated rings. The minimum Gasteiger partial charge on any atom is -0.478 e. The van der Waals surface area contributed by atoms with Crippen LogP contribution in [0.2, 0.25) is 0 Å². The Kier molecular flexibility index (Phi) is 4.14. The Labute approximate surface area is 124 Å². The van der Waals surface area contributed by atoms with Crippen molar-refractivity contribution in [3.8, 4) is 11.5 Å². The fourth-order valence-corrected chi connectivity index (χ4v) is 2.72. The average molecular weight is 294 g/mol. The molecule has 0 saturated carbocycles. The number of aliphatic carboxylic acids is 1. The molecule has 21 heavy (non-hydrogen) atoms. The van der Waals surface area contributed by atoms with Crippen molar-refractivity contribution in [2.24, 2.45) is 0 Å². The smallest absolute Gasteiger partial charge is 0.347 e. The summed E-state index contributed by atoms with van der Waals surface area (Å²) in [7, 11) is 1.58. The summed E-state index contributed by atoms with van der Waals surface area (Å²) in [5.41, 5.74) is 2.75. The number of carboxylic acids is 1. The van der Waals surface area contributed by atoms with Crippen molar-refractivity contribution in [2.75, 3.05) is 13.9 Å². The molecule has 2 rings (SSSR count). The Morgan fingerprint density at radius 3 is 2.52 bits per heavy atom. The van der Waals surface area contributed by atoms with Gasteiger partial charge in [0, 0.05) is 19.1 Å². The summed E-state index contributed by atoms with van der Waals surface area (Å²) in [4.78, 5) is 11.4. The molecule has 0 amide bonds. The van der Waals surface area contributed by atoms with Crippen molar-refractivity contribution < 1.29 is 24.1 Å². The molecular formula is C16H22O5. The average Bonchev–Trinajstić information content (AvgIpc) is 2.44. The lowest BCUT2D eigenvalue weighted by Crippen LogP contribution is -2.44. The van der Waals surface area contributed by atoms with Gasteiger partial charge in [0.25, 0.3) is 0 Å². The van der Waals surface area contributed by atoms with Gasteiger partial charge in [0.2, 0.25) is 5.60 Å². The third-order valence-corrected chi connectivity index (χ3v) is 4.26. The molecule has 1 aliphatic heterocycles. The number of fused-ring (bicyclic) bond motifs is 1. The Balaban J connectivity index is 2.51. The Morgan fingerprint density at radius 2 is 1.95 bits per heavy atom. The van der Waals surface area contributed by atoms with Crippen LogP contribution in [0.1, 0.15) is 35.6 Å². The maximum Gasteiger partial charge on any atom is 0.347 e. The number of carboxylic acid groups (broad SMARTS) is 1. The highest BCUT2D eigenvalue weighted by Gasteiger charge is 2.40. The molecule has 1 unspecified atom stereocenters. The first-order valence-electron chi connectivity index (χ1n) is 6.98. The summed E-state index contributed by atoms with van der Waals surface area (Å²) >= 11 is 0. The highest BCUT2D eigenvalue weighted by Crippen LogP contribution is 2.43. The lowest BCUT2D eigenvalue weighted by Gasteiger charge is -2.35. The molecule has 0 radical (unpaired) electrons. The van der Waals surface area contributed by atoms with E-state index in [2.05, 4.69) is 0 Å². The van der Waals surface area contributed by atoms with Gasteiger partial charge in [-0.05, 0) is 50.8 Å². The van der Waals surface area contributed by atoms with Gasteiger partial charge in [-0.2, -0.15) is 0 Å². The summed E-state index contributed by atoms with van der Waals surface area (Å²) in [5, 5.41) is 9.36. The Hall–Kier alpha value is -1.75. The third-order valence-electron chi connectivity index (χ3n) is 4.26. The number of carbonyl (C=O) groups is 1. The van der Waals surface area contributed by atoms with E-state index in [1.54, 1.807) is 14.0 Å². The lowest BCUT2D eigenvalue weighted by molar-refractivity contribution is -0.155. The van der Waals surface area contributed by atoms with Crippen LogP contribution in [0.15, 0.2) is 0 Å². The zero-order chi connectivity index (χ0) is 15.8. The SMILES string of the molecule is COCOc1c(C)c(C)c2c(c1C)CCC(C)(C(=O)O)O2. The molecule has 1 aromatic carbocycles. The Bertz CT molecular complexity index is 579. The first kappa shape index (κ1) is 15.6. The number of hydrogen-bond acceptors (Lipinski definition) is 4.